The van der Waals surface area contributed by atoms with Crippen LogP contribution in [0.15, 0.2) is 52.0 Å². The van der Waals surface area contributed by atoms with E-state index in [1.807, 2.05) is 24.5 Å². The summed E-state index contributed by atoms with van der Waals surface area (Å²) < 4.78 is 7.88. The molecule has 0 aliphatic rings. The number of phenolic OH excluding ortho intramolecular Hbond substituents is 1. The molecule has 1 aromatic heterocycles. The standard InChI is InChI=1S/C21H19BrN4O5/c1-12-8-14(11-23-24-21(28)17-9-15(22)4-7-19(17)27)13(2)25(12)18-6-5-16(26(29)30)10-20(18)31-3/h4-11,27H,1-3H3,(H,24,28)/b23-11-. The number of nitrogens with one attached hydrogen (secondary N) is 1. The summed E-state index contributed by atoms with van der Waals surface area (Å²) in [4.78, 5) is 22.8. The number of phenols is 1. The van der Waals surface area contributed by atoms with E-state index in [1.165, 1.54) is 37.6 Å². The fraction of sp³-hybridized carbons (Fsp3) is 0.143. The smallest absolute Gasteiger partial charge is 0.275 e. The van der Waals surface area contributed by atoms with Gasteiger partial charge < -0.3 is 14.4 Å². The number of halogens is 1. The summed E-state index contributed by atoms with van der Waals surface area (Å²) in [5, 5.41) is 24.9. The number of carbonyl (C=O) groups excluding carboxylic acids is 1. The Morgan fingerprint density at radius 3 is 2.68 bits per heavy atom. The third-order valence-corrected chi connectivity index (χ3v) is 5.15. The zero-order chi connectivity index (χ0) is 22.7. The number of aromatic hydroxyl groups is 1. The molecule has 0 saturated carbocycles. The van der Waals surface area contributed by atoms with Crippen molar-refractivity contribution in [2.45, 2.75) is 13.8 Å². The molecule has 0 aliphatic carbocycles. The molecule has 0 saturated heterocycles. The predicted octanol–water partition coefficient (Wildman–Crippen LogP) is 4.24. The summed E-state index contributed by atoms with van der Waals surface area (Å²) in [6, 6.07) is 10.8. The molecule has 0 aliphatic heterocycles. The Morgan fingerprint density at radius 2 is 2.00 bits per heavy atom. The van der Waals surface area contributed by atoms with Gasteiger partial charge in [-0.3, -0.25) is 14.9 Å². The molecule has 9 nitrogen and oxygen atoms in total. The number of rotatable bonds is 6. The third kappa shape index (κ3) is 4.58. The Labute approximate surface area is 186 Å². The highest BCUT2D eigenvalue weighted by Crippen LogP contribution is 2.31. The van der Waals surface area contributed by atoms with Gasteiger partial charge in [-0.05, 0) is 44.2 Å². The van der Waals surface area contributed by atoms with Crippen LogP contribution in [0.2, 0.25) is 0 Å². The Hall–Kier alpha value is -3.66. The average Bonchev–Trinajstić information content (AvgIpc) is 3.02. The zero-order valence-corrected chi connectivity index (χ0v) is 18.5. The molecule has 3 aromatic rings. The highest BCUT2D eigenvalue weighted by Gasteiger charge is 2.17. The van der Waals surface area contributed by atoms with E-state index >= 15 is 0 Å². The van der Waals surface area contributed by atoms with Crippen molar-refractivity contribution in [3.63, 3.8) is 0 Å². The molecule has 1 heterocycles. The lowest BCUT2D eigenvalue weighted by molar-refractivity contribution is -0.384. The number of nitrogens with zero attached hydrogens (tertiary/aromatic N) is 3. The fourth-order valence-corrected chi connectivity index (χ4v) is 3.53. The quantitative estimate of drug-likeness (QED) is 0.306. The number of carbonyl (C=O) groups is 1. The fourth-order valence-electron chi connectivity index (χ4n) is 3.16. The van der Waals surface area contributed by atoms with Crippen molar-refractivity contribution in [1.82, 2.24) is 9.99 Å². The van der Waals surface area contributed by atoms with E-state index in [0.29, 0.717) is 15.9 Å². The number of hydrogen-bond acceptors (Lipinski definition) is 6. The van der Waals surface area contributed by atoms with Crippen molar-refractivity contribution in [1.29, 1.82) is 0 Å². The molecule has 0 spiro atoms. The van der Waals surface area contributed by atoms with Crippen LogP contribution < -0.4 is 10.2 Å². The minimum Gasteiger partial charge on any atom is -0.507 e. The van der Waals surface area contributed by atoms with Gasteiger partial charge in [-0.2, -0.15) is 5.10 Å². The van der Waals surface area contributed by atoms with Crippen molar-refractivity contribution >= 4 is 33.7 Å². The maximum atomic E-state index is 12.3. The summed E-state index contributed by atoms with van der Waals surface area (Å²) in [6.45, 7) is 3.74. The first-order chi connectivity index (χ1) is 14.7. The lowest BCUT2D eigenvalue weighted by Gasteiger charge is -2.13. The van der Waals surface area contributed by atoms with E-state index < -0.39 is 10.8 Å². The first kappa shape index (κ1) is 22.0. The minimum absolute atomic E-state index is 0.0663. The first-order valence-electron chi connectivity index (χ1n) is 9.06. The minimum atomic E-state index is -0.555. The van der Waals surface area contributed by atoms with Crippen LogP contribution in [-0.4, -0.2) is 33.8 Å². The lowest BCUT2D eigenvalue weighted by atomic mass is 10.2. The van der Waals surface area contributed by atoms with Gasteiger partial charge in [0.25, 0.3) is 11.6 Å². The third-order valence-electron chi connectivity index (χ3n) is 4.66. The average molecular weight is 487 g/mol. The number of amides is 1. The Kier molecular flexibility index (Phi) is 6.40. The highest BCUT2D eigenvalue weighted by molar-refractivity contribution is 9.10. The highest BCUT2D eigenvalue weighted by atomic mass is 79.9. The van der Waals surface area contributed by atoms with Gasteiger partial charge in [-0.15, -0.1) is 0 Å². The van der Waals surface area contributed by atoms with E-state index in [9.17, 15) is 20.0 Å². The monoisotopic (exact) mass is 486 g/mol. The van der Waals surface area contributed by atoms with E-state index in [1.54, 1.807) is 12.1 Å². The SMILES string of the molecule is COc1cc([N+](=O)[O-])ccc1-n1c(C)cc(/C=N\NC(=O)c2cc(Br)ccc2O)c1C. The number of hydrogen-bond donors (Lipinski definition) is 2. The maximum Gasteiger partial charge on any atom is 0.275 e. The Morgan fingerprint density at radius 1 is 1.26 bits per heavy atom. The molecule has 0 atom stereocenters. The van der Waals surface area contributed by atoms with E-state index in [4.69, 9.17) is 4.74 Å². The Bertz CT molecular complexity index is 1200. The molecule has 10 heteroatoms. The summed E-state index contributed by atoms with van der Waals surface area (Å²) >= 11 is 3.26. The van der Waals surface area contributed by atoms with E-state index in [0.717, 1.165) is 17.0 Å². The molecule has 0 unspecified atom stereocenters. The van der Waals surface area contributed by atoms with Crippen LogP contribution in [0.1, 0.15) is 27.3 Å². The molecule has 2 aromatic carbocycles. The lowest BCUT2D eigenvalue weighted by Crippen LogP contribution is -2.17. The molecule has 31 heavy (non-hydrogen) atoms. The van der Waals surface area contributed by atoms with Gasteiger partial charge in [0.15, 0.2) is 0 Å². The number of aromatic nitrogens is 1. The molecule has 0 fully saturated rings. The van der Waals surface area contributed by atoms with Crippen molar-refractivity contribution < 1.29 is 19.6 Å². The van der Waals surface area contributed by atoms with Crippen molar-refractivity contribution in [2.24, 2.45) is 5.10 Å². The molecule has 1 amide bonds. The number of hydrazone groups is 1. The topological polar surface area (TPSA) is 119 Å². The van der Waals surface area contributed by atoms with Crippen LogP contribution in [0, 0.1) is 24.0 Å². The molecule has 0 radical (unpaired) electrons. The zero-order valence-electron chi connectivity index (χ0n) is 16.9. The number of ether oxygens (including phenoxy) is 1. The van der Waals surface area contributed by atoms with Crippen LogP contribution in [0.25, 0.3) is 5.69 Å². The van der Waals surface area contributed by atoms with Crippen LogP contribution in [-0.2, 0) is 0 Å². The van der Waals surface area contributed by atoms with Crippen LogP contribution in [0.3, 0.4) is 0 Å². The Balaban J connectivity index is 1.87. The summed E-state index contributed by atoms with van der Waals surface area (Å²) in [5.41, 5.74) is 5.44. The van der Waals surface area contributed by atoms with E-state index in [2.05, 4.69) is 26.5 Å². The van der Waals surface area contributed by atoms with E-state index in [-0.39, 0.29) is 17.0 Å². The summed E-state index contributed by atoms with van der Waals surface area (Å²) in [7, 11) is 1.45. The molecule has 0 bridgehead atoms. The first-order valence-corrected chi connectivity index (χ1v) is 9.86. The summed E-state index contributed by atoms with van der Waals surface area (Å²) in [6.07, 6.45) is 1.49. The van der Waals surface area contributed by atoms with Crippen LogP contribution in [0.4, 0.5) is 5.69 Å². The number of nitro benzene ring substituents is 1. The predicted molar refractivity (Wildman–Crippen MR) is 119 cm³/mol. The number of non-ortho nitro benzene ring substituents is 1. The maximum absolute atomic E-state index is 12.3. The number of methoxy groups -OCH3 is 1. The van der Waals surface area contributed by atoms with Gasteiger partial charge in [0.05, 0.1) is 35.6 Å². The van der Waals surface area contributed by atoms with Crippen LogP contribution >= 0.6 is 15.9 Å². The second-order valence-electron chi connectivity index (χ2n) is 6.64. The molecular weight excluding hydrogens is 468 g/mol. The van der Waals surface area contributed by atoms with Gasteiger partial charge in [-0.1, -0.05) is 15.9 Å². The van der Waals surface area contributed by atoms with Gasteiger partial charge >= 0.3 is 0 Å². The molecule has 160 valence electrons. The number of benzene rings is 2. The second-order valence-corrected chi connectivity index (χ2v) is 7.55. The number of nitro groups is 1. The van der Waals surface area contributed by atoms with Crippen molar-refractivity contribution in [2.75, 3.05) is 7.11 Å². The molecule has 3 rings (SSSR count). The second kappa shape index (κ2) is 9.00. The summed E-state index contributed by atoms with van der Waals surface area (Å²) in [5.74, 6) is -0.349. The molecular formula is C21H19BrN4O5. The largest absolute Gasteiger partial charge is 0.507 e. The molecule has 2 N–H and O–H groups in total. The van der Waals surface area contributed by atoms with Gasteiger partial charge in [0.1, 0.15) is 11.5 Å². The van der Waals surface area contributed by atoms with Crippen molar-refractivity contribution in [3.8, 4) is 17.2 Å². The van der Waals surface area contributed by atoms with Gasteiger partial charge in [0.2, 0.25) is 0 Å². The van der Waals surface area contributed by atoms with Gasteiger partial charge in [-0.25, -0.2) is 5.43 Å². The van der Waals surface area contributed by atoms with Crippen molar-refractivity contribution in [3.05, 3.63) is 79.6 Å². The van der Waals surface area contributed by atoms with Crippen LogP contribution in [0.5, 0.6) is 11.5 Å². The normalized spacial score (nSPS) is 11.0. The number of aryl methyl sites for hydroxylation is 1. The van der Waals surface area contributed by atoms with Gasteiger partial charge in [0, 0.05) is 27.5 Å².